The van der Waals surface area contributed by atoms with Gasteiger partial charge in [-0.1, -0.05) is 63.0 Å². The van der Waals surface area contributed by atoms with Gasteiger partial charge in [-0.2, -0.15) is 0 Å². The fourth-order valence-corrected chi connectivity index (χ4v) is 1.83. The van der Waals surface area contributed by atoms with Crippen LogP contribution in [-0.2, 0) is 4.79 Å². The molecule has 0 amide bonds. The van der Waals surface area contributed by atoms with Gasteiger partial charge in [0.1, 0.15) is 6.10 Å². The second-order valence-electron chi connectivity index (χ2n) is 4.42. The summed E-state index contributed by atoms with van der Waals surface area (Å²) in [5.74, 6) is -0.149. The van der Waals surface area contributed by atoms with Crippen LogP contribution in [0.4, 0.5) is 0 Å². The highest BCUT2D eigenvalue weighted by molar-refractivity contribution is 6.01. The molecule has 0 fully saturated rings. The van der Waals surface area contributed by atoms with Gasteiger partial charge in [0.15, 0.2) is 5.78 Å². The second-order valence-corrected chi connectivity index (χ2v) is 4.42. The lowest BCUT2D eigenvalue weighted by atomic mass is 10.0. The molecule has 1 N–H and O–H groups in total. The van der Waals surface area contributed by atoms with Gasteiger partial charge in [0.2, 0.25) is 0 Å². The molecule has 0 heterocycles. The van der Waals surface area contributed by atoms with Crippen LogP contribution in [-0.4, -0.2) is 17.0 Å². The van der Waals surface area contributed by atoms with Gasteiger partial charge in [-0.05, 0) is 12.8 Å². The Labute approximate surface area is 104 Å². The summed E-state index contributed by atoms with van der Waals surface area (Å²) in [6.07, 6.45) is 14.3. The number of unbranched alkanes of at least 4 members (excludes halogenated alkanes) is 3. The van der Waals surface area contributed by atoms with Crippen molar-refractivity contribution in [3.63, 3.8) is 0 Å². The average Bonchev–Trinajstić information content (AvgIpc) is 2.62. The Morgan fingerprint density at radius 1 is 1.35 bits per heavy atom. The zero-order valence-electron chi connectivity index (χ0n) is 10.6. The summed E-state index contributed by atoms with van der Waals surface area (Å²) in [5, 5.41) is 9.81. The van der Waals surface area contributed by atoms with Gasteiger partial charge in [0, 0.05) is 5.57 Å². The summed E-state index contributed by atoms with van der Waals surface area (Å²) in [6, 6.07) is 0. The van der Waals surface area contributed by atoms with Gasteiger partial charge in [-0.25, -0.2) is 0 Å². The van der Waals surface area contributed by atoms with Crippen molar-refractivity contribution >= 4 is 5.78 Å². The first-order valence-corrected chi connectivity index (χ1v) is 6.51. The summed E-state index contributed by atoms with van der Waals surface area (Å²) < 4.78 is 0. The van der Waals surface area contributed by atoms with E-state index >= 15 is 0 Å². The third kappa shape index (κ3) is 5.14. The van der Waals surface area contributed by atoms with Crippen LogP contribution in [0.5, 0.6) is 0 Å². The number of carbonyl (C=O) groups is 1. The Kier molecular flexibility index (Phi) is 6.56. The smallest absolute Gasteiger partial charge is 0.191 e. The highest BCUT2D eigenvalue weighted by Gasteiger charge is 2.17. The first-order chi connectivity index (χ1) is 8.25. The Morgan fingerprint density at radius 2 is 2.18 bits per heavy atom. The largest absolute Gasteiger partial charge is 0.385 e. The molecule has 1 aliphatic carbocycles. The molecule has 1 rings (SSSR count). The van der Waals surface area contributed by atoms with E-state index in [0.29, 0.717) is 12.0 Å². The number of hydrogen-bond donors (Lipinski definition) is 1. The predicted octanol–water partition coefficient (Wildman–Crippen LogP) is 3.33. The molecule has 0 aliphatic heterocycles. The van der Waals surface area contributed by atoms with Gasteiger partial charge in [-0.3, -0.25) is 4.79 Å². The molecule has 2 heteroatoms. The lowest BCUT2D eigenvalue weighted by Gasteiger charge is -2.09. The summed E-state index contributed by atoms with van der Waals surface area (Å²) in [6.45, 7) is 2.15. The molecular formula is C15H22O2. The van der Waals surface area contributed by atoms with E-state index in [-0.39, 0.29) is 5.78 Å². The second kappa shape index (κ2) is 8.02. The Bertz CT molecular complexity index is 324. The topological polar surface area (TPSA) is 37.3 Å². The van der Waals surface area contributed by atoms with E-state index in [2.05, 4.69) is 6.92 Å². The SMILES string of the molecule is CCCCCCC(O)C(=O)C1=CC=CCC=C1. The molecule has 0 saturated carbocycles. The number of aliphatic hydroxyl groups excluding tert-OH is 1. The maximum atomic E-state index is 11.9. The van der Waals surface area contributed by atoms with Gasteiger partial charge in [0.25, 0.3) is 0 Å². The fourth-order valence-electron chi connectivity index (χ4n) is 1.83. The molecule has 1 unspecified atom stereocenters. The van der Waals surface area contributed by atoms with Crippen LogP contribution >= 0.6 is 0 Å². The van der Waals surface area contributed by atoms with Crippen LogP contribution in [0.3, 0.4) is 0 Å². The highest BCUT2D eigenvalue weighted by atomic mass is 16.3. The highest BCUT2D eigenvalue weighted by Crippen LogP contribution is 2.12. The number of rotatable bonds is 7. The molecule has 94 valence electrons. The van der Waals surface area contributed by atoms with E-state index < -0.39 is 6.10 Å². The molecule has 0 radical (unpaired) electrons. The maximum Gasteiger partial charge on any atom is 0.191 e. The number of ketones is 1. The summed E-state index contributed by atoms with van der Waals surface area (Å²) >= 11 is 0. The van der Waals surface area contributed by atoms with Gasteiger partial charge >= 0.3 is 0 Å². The van der Waals surface area contributed by atoms with Crippen molar-refractivity contribution in [2.75, 3.05) is 0 Å². The summed E-state index contributed by atoms with van der Waals surface area (Å²) in [7, 11) is 0. The molecule has 17 heavy (non-hydrogen) atoms. The molecule has 1 atom stereocenters. The quantitative estimate of drug-likeness (QED) is 0.686. The maximum absolute atomic E-state index is 11.9. The van der Waals surface area contributed by atoms with E-state index in [1.165, 1.54) is 12.8 Å². The third-order valence-corrected chi connectivity index (χ3v) is 2.90. The Morgan fingerprint density at radius 3 is 2.94 bits per heavy atom. The minimum Gasteiger partial charge on any atom is -0.385 e. The Hall–Kier alpha value is -1.15. The zero-order chi connectivity index (χ0) is 12.5. The van der Waals surface area contributed by atoms with E-state index in [0.717, 1.165) is 19.3 Å². The van der Waals surface area contributed by atoms with Crippen LogP contribution in [0.2, 0.25) is 0 Å². The first kappa shape index (κ1) is 13.9. The molecule has 1 aliphatic rings. The molecule has 0 spiro atoms. The van der Waals surface area contributed by atoms with Crippen molar-refractivity contribution in [2.24, 2.45) is 0 Å². The minimum absolute atomic E-state index is 0.149. The van der Waals surface area contributed by atoms with Gasteiger partial charge in [-0.15, -0.1) is 0 Å². The lowest BCUT2D eigenvalue weighted by molar-refractivity contribution is -0.123. The van der Waals surface area contributed by atoms with Crippen LogP contribution in [0, 0.1) is 0 Å². The zero-order valence-corrected chi connectivity index (χ0v) is 10.6. The number of aliphatic hydroxyl groups is 1. The summed E-state index contributed by atoms with van der Waals surface area (Å²) in [5.41, 5.74) is 0.613. The van der Waals surface area contributed by atoms with Gasteiger partial charge < -0.3 is 5.11 Å². The monoisotopic (exact) mass is 234 g/mol. The van der Waals surface area contributed by atoms with E-state index in [1.54, 1.807) is 12.2 Å². The standard InChI is InChI=1S/C15H22O2/c1-2-3-4-9-12-14(16)15(17)13-10-7-5-6-8-11-13/h5,7-8,10-11,14,16H,2-4,6,9,12H2,1H3. The molecule has 0 aromatic heterocycles. The predicted molar refractivity (Wildman–Crippen MR) is 70.8 cm³/mol. The van der Waals surface area contributed by atoms with Crippen LogP contribution < -0.4 is 0 Å². The molecule has 0 aromatic carbocycles. The molecular weight excluding hydrogens is 212 g/mol. The molecule has 0 saturated heterocycles. The van der Waals surface area contributed by atoms with Crippen molar-refractivity contribution in [1.29, 1.82) is 0 Å². The van der Waals surface area contributed by atoms with Gasteiger partial charge in [0.05, 0.1) is 0 Å². The third-order valence-electron chi connectivity index (χ3n) is 2.90. The van der Waals surface area contributed by atoms with Crippen molar-refractivity contribution in [2.45, 2.75) is 51.6 Å². The minimum atomic E-state index is -0.839. The van der Waals surface area contributed by atoms with Crippen LogP contribution in [0.1, 0.15) is 45.4 Å². The van der Waals surface area contributed by atoms with Crippen molar-refractivity contribution < 1.29 is 9.90 Å². The average molecular weight is 234 g/mol. The lowest BCUT2D eigenvalue weighted by Crippen LogP contribution is -2.21. The molecule has 2 nitrogen and oxygen atoms in total. The van der Waals surface area contributed by atoms with Crippen molar-refractivity contribution in [1.82, 2.24) is 0 Å². The van der Waals surface area contributed by atoms with Crippen molar-refractivity contribution in [3.05, 3.63) is 36.0 Å². The molecule has 0 aromatic rings. The van der Waals surface area contributed by atoms with Crippen LogP contribution in [0.25, 0.3) is 0 Å². The normalized spacial score (nSPS) is 16.5. The van der Waals surface area contributed by atoms with Crippen molar-refractivity contribution in [3.8, 4) is 0 Å². The number of carbonyl (C=O) groups excluding carboxylic acids is 1. The fraction of sp³-hybridized carbons (Fsp3) is 0.533. The van der Waals surface area contributed by atoms with Crippen LogP contribution in [0.15, 0.2) is 36.0 Å². The number of allylic oxidation sites excluding steroid dienone is 5. The molecule has 0 bridgehead atoms. The number of hydrogen-bond acceptors (Lipinski definition) is 2. The van der Waals surface area contributed by atoms with E-state index in [1.807, 2.05) is 18.2 Å². The van der Waals surface area contributed by atoms with E-state index in [9.17, 15) is 9.90 Å². The summed E-state index contributed by atoms with van der Waals surface area (Å²) in [4.78, 5) is 11.9. The van der Waals surface area contributed by atoms with E-state index in [4.69, 9.17) is 0 Å². The number of Topliss-reactive ketones (excluding diaryl/α,β-unsaturated/α-hetero) is 1. The first-order valence-electron chi connectivity index (χ1n) is 6.51. The Balaban J connectivity index is 2.40.